The average Bonchev–Trinajstić information content (AvgIpc) is 3.45. The Kier molecular flexibility index (Phi) is 4.95. The van der Waals surface area contributed by atoms with E-state index in [1.165, 1.54) is 5.56 Å². The molecule has 2 aromatic carbocycles. The van der Waals surface area contributed by atoms with E-state index in [0.29, 0.717) is 11.2 Å². The number of carbonyl (C=O) groups excluding carboxylic acids is 1. The largest absolute Gasteiger partial charge is 0.431 e. The lowest BCUT2D eigenvalue weighted by Gasteiger charge is -2.34. The molecular formula is C22H23N3O3S. The lowest BCUT2D eigenvalue weighted by atomic mass is 10.1. The molecule has 0 spiro atoms. The summed E-state index contributed by atoms with van der Waals surface area (Å²) in [7, 11) is 0. The highest BCUT2D eigenvalue weighted by Gasteiger charge is 2.44. The molecule has 2 aliphatic rings. The molecule has 0 radical (unpaired) electrons. The van der Waals surface area contributed by atoms with Crippen molar-refractivity contribution in [2.24, 2.45) is 0 Å². The summed E-state index contributed by atoms with van der Waals surface area (Å²) in [5, 5.41) is 9.75. The van der Waals surface area contributed by atoms with Gasteiger partial charge in [-0.3, -0.25) is 9.69 Å². The Morgan fingerprint density at radius 1 is 1.17 bits per heavy atom. The van der Waals surface area contributed by atoms with Crippen molar-refractivity contribution in [1.82, 2.24) is 14.8 Å². The molecule has 2 aliphatic heterocycles. The Morgan fingerprint density at radius 2 is 2.07 bits per heavy atom. The molecule has 3 aromatic rings. The van der Waals surface area contributed by atoms with Crippen molar-refractivity contribution in [3.05, 3.63) is 54.1 Å². The summed E-state index contributed by atoms with van der Waals surface area (Å²) >= 11 is 1.55. The number of piperazine rings is 1. The maximum absolute atomic E-state index is 11.8. The first-order valence-corrected chi connectivity index (χ1v) is 10.8. The summed E-state index contributed by atoms with van der Waals surface area (Å²) in [4.78, 5) is 20.6. The van der Waals surface area contributed by atoms with Crippen molar-refractivity contribution >= 4 is 27.5 Å². The minimum Gasteiger partial charge on any atom is -0.431 e. The summed E-state index contributed by atoms with van der Waals surface area (Å²) < 4.78 is 7.13. The molecule has 1 amide bonds. The molecule has 3 heterocycles. The molecule has 2 saturated heterocycles. The van der Waals surface area contributed by atoms with Crippen molar-refractivity contribution in [2.45, 2.75) is 24.9 Å². The number of benzene rings is 2. The first kappa shape index (κ1) is 18.5. The number of rotatable bonds is 6. The van der Waals surface area contributed by atoms with Gasteiger partial charge in [0.25, 0.3) is 5.19 Å². The van der Waals surface area contributed by atoms with Crippen LogP contribution >= 0.6 is 11.3 Å². The number of amides is 1. The molecule has 5 rings (SSSR count). The van der Waals surface area contributed by atoms with E-state index in [0.717, 1.165) is 48.4 Å². The van der Waals surface area contributed by atoms with E-state index in [1.54, 1.807) is 11.3 Å². The van der Waals surface area contributed by atoms with E-state index in [2.05, 4.69) is 28.1 Å². The maximum Gasteiger partial charge on any atom is 0.279 e. The minimum atomic E-state index is -0.384. The Balaban J connectivity index is 1.20. The number of para-hydroxylation sites is 1. The molecule has 6 nitrogen and oxygen atoms in total. The smallest absolute Gasteiger partial charge is 0.279 e. The monoisotopic (exact) mass is 409 g/mol. The molecule has 1 aromatic heterocycles. The van der Waals surface area contributed by atoms with Gasteiger partial charge in [-0.15, -0.1) is 0 Å². The second-order valence-electron chi connectivity index (χ2n) is 7.69. The average molecular weight is 410 g/mol. The van der Waals surface area contributed by atoms with Gasteiger partial charge in [-0.2, -0.15) is 0 Å². The molecule has 0 aliphatic carbocycles. The zero-order valence-corrected chi connectivity index (χ0v) is 16.8. The fourth-order valence-electron chi connectivity index (χ4n) is 4.45. The van der Waals surface area contributed by atoms with Crippen LogP contribution < -0.4 is 4.74 Å². The van der Waals surface area contributed by atoms with Gasteiger partial charge in [0, 0.05) is 31.7 Å². The molecule has 0 saturated carbocycles. The van der Waals surface area contributed by atoms with E-state index in [-0.39, 0.29) is 18.6 Å². The molecule has 2 bridgehead atoms. The fourth-order valence-corrected chi connectivity index (χ4v) is 5.29. The van der Waals surface area contributed by atoms with E-state index < -0.39 is 0 Å². The van der Waals surface area contributed by atoms with Crippen molar-refractivity contribution in [1.29, 1.82) is 0 Å². The van der Waals surface area contributed by atoms with Gasteiger partial charge in [0.1, 0.15) is 12.4 Å². The predicted molar refractivity (Wildman–Crippen MR) is 112 cm³/mol. The number of likely N-dealkylation sites (tertiary alicyclic amines) is 2. The summed E-state index contributed by atoms with van der Waals surface area (Å²) in [6.07, 6.45) is 1.96. The number of ether oxygens (including phenoxy) is 1. The van der Waals surface area contributed by atoms with Gasteiger partial charge in [-0.05, 0) is 42.7 Å². The third kappa shape index (κ3) is 3.73. The van der Waals surface area contributed by atoms with Crippen LogP contribution in [0.1, 0.15) is 12.0 Å². The summed E-state index contributed by atoms with van der Waals surface area (Å²) in [6, 6.07) is 16.9. The predicted octanol–water partition coefficient (Wildman–Crippen LogP) is 2.91. The van der Waals surface area contributed by atoms with E-state index >= 15 is 0 Å². The Labute approximate surface area is 173 Å². The molecule has 2 fully saturated rings. The van der Waals surface area contributed by atoms with Gasteiger partial charge in [-0.25, -0.2) is 4.98 Å². The second-order valence-corrected chi connectivity index (χ2v) is 8.68. The normalized spacial score (nSPS) is 21.2. The number of thiazole rings is 1. The summed E-state index contributed by atoms with van der Waals surface area (Å²) in [5.74, 6) is 0.668. The molecule has 7 heteroatoms. The maximum atomic E-state index is 11.8. The number of carbonyl (C=O) groups is 1. The lowest BCUT2D eigenvalue weighted by Crippen LogP contribution is -2.49. The summed E-state index contributed by atoms with van der Waals surface area (Å²) in [5.41, 5.74) is 2.19. The van der Waals surface area contributed by atoms with Crippen LogP contribution in [0.25, 0.3) is 10.2 Å². The number of hydrogen-bond acceptors (Lipinski definition) is 6. The van der Waals surface area contributed by atoms with Crippen LogP contribution in [-0.2, 0) is 11.2 Å². The second kappa shape index (κ2) is 7.74. The quantitative estimate of drug-likeness (QED) is 0.678. The van der Waals surface area contributed by atoms with Crippen molar-refractivity contribution in [3.8, 4) is 10.9 Å². The van der Waals surface area contributed by atoms with E-state index in [4.69, 9.17) is 9.84 Å². The van der Waals surface area contributed by atoms with Crippen LogP contribution in [0.4, 0.5) is 0 Å². The SMILES string of the molecule is O=C(CO)N1C[C@H]2C[C@H]1CN2CCc1cccc(Oc2nc3ccccc3s2)c1. The van der Waals surface area contributed by atoms with Crippen molar-refractivity contribution in [3.63, 3.8) is 0 Å². The lowest BCUT2D eigenvalue weighted by molar-refractivity contribution is -0.136. The first-order chi connectivity index (χ1) is 14.2. The van der Waals surface area contributed by atoms with E-state index in [1.807, 2.05) is 35.2 Å². The Bertz CT molecular complexity index is 1000. The van der Waals surface area contributed by atoms with Gasteiger partial charge in [-0.1, -0.05) is 35.6 Å². The third-order valence-corrected chi connectivity index (χ3v) is 6.79. The Morgan fingerprint density at radius 3 is 2.86 bits per heavy atom. The molecule has 1 N–H and O–H groups in total. The van der Waals surface area contributed by atoms with Crippen molar-refractivity contribution in [2.75, 3.05) is 26.2 Å². The number of fused-ring (bicyclic) bond motifs is 3. The topological polar surface area (TPSA) is 65.9 Å². The van der Waals surface area contributed by atoms with Crippen LogP contribution in [-0.4, -0.2) is 64.1 Å². The standard InChI is InChI=1S/C22H23N3O3S/c26-14-21(27)25-13-16-11-17(25)12-24(16)9-8-15-4-3-5-18(10-15)28-22-23-19-6-1-2-7-20(19)29-22/h1-7,10,16-17,26H,8-9,11-14H2/t16-,17+/m1/s1. The third-order valence-electron chi connectivity index (χ3n) is 5.88. The van der Waals surface area contributed by atoms with Gasteiger partial charge in [0.05, 0.1) is 10.2 Å². The van der Waals surface area contributed by atoms with Crippen LogP contribution in [0.3, 0.4) is 0 Å². The zero-order chi connectivity index (χ0) is 19.8. The molecular weight excluding hydrogens is 386 g/mol. The Hall–Kier alpha value is -2.48. The molecule has 2 atom stereocenters. The van der Waals surface area contributed by atoms with Gasteiger partial charge in [0.15, 0.2) is 0 Å². The highest BCUT2D eigenvalue weighted by atomic mass is 32.1. The van der Waals surface area contributed by atoms with Crippen LogP contribution in [0.15, 0.2) is 48.5 Å². The number of hydrogen-bond donors (Lipinski definition) is 1. The van der Waals surface area contributed by atoms with Crippen LogP contribution in [0.2, 0.25) is 0 Å². The highest BCUT2D eigenvalue weighted by Crippen LogP contribution is 2.32. The van der Waals surface area contributed by atoms with E-state index in [9.17, 15) is 4.79 Å². The van der Waals surface area contributed by atoms with Crippen molar-refractivity contribution < 1.29 is 14.6 Å². The number of aromatic nitrogens is 1. The fraction of sp³-hybridized carbons (Fsp3) is 0.364. The highest BCUT2D eigenvalue weighted by molar-refractivity contribution is 7.20. The number of aliphatic hydroxyl groups excluding tert-OH is 1. The molecule has 29 heavy (non-hydrogen) atoms. The molecule has 150 valence electrons. The van der Waals surface area contributed by atoms with Crippen LogP contribution in [0.5, 0.6) is 10.9 Å². The van der Waals surface area contributed by atoms with Gasteiger partial charge in [0.2, 0.25) is 5.91 Å². The summed E-state index contributed by atoms with van der Waals surface area (Å²) in [6.45, 7) is 2.22. The first-order valence-electron chi connectivity index (χ1n) is 9.96. The number of aliphatic hydroxyl groups is 1. The van der Waals surface area contributed by atoms with Gasteiger partial charge < -0.3 is 14.7 Å². The van der Waals surface area contributed by atoms with Gasteiger partial charge >= 0.3 is 0 Å². The number of nitrogens with zero attached hydrogens (tertiary/aromatic N) is 3. The van der Waals surface area contributed by atoms with Crippen LogP contribution in [0, 0.1) is 0 Å². The zero-order valence-electron chi connectivity index (χ0n) is 16.0. The minimum absolute atomic E-state index is 0.142. The molecule has 0 unspecified atom stereocenters.